The van der Waals surface area contributed by atoms with Crippen LogP contribution in [0.1, 0.15) is 5.69 Å². The summed E-state index contributed by atoms with van der Waals surface area (Å²) < 4.78 is 1.62. The third-order valence-electron chi connectivity index (χ3n) is 1.18. The molecule has 1 N–H and O–H groups in total. The maximum Gasteiger partial charge on any atom is 0.274 e. The normalized spacial score (nSPS) is 9.67. The average molecular weight is 128 g/mol. The topological polar surface area (TPSA) is 47.3 Å². The predicted molar refractivity (Wildman–Crippen MR) is 31.2 cm³/mol. The van der Waals surface area contributed by atoms with Crippen molar-refractivity contribution in [1.82, 2.24) is 9.78 Å². The van der Waals surface area contributed by atoms with Crippen LogP contribution in [0.15, 0.2) is 6.07 Å². The first-order valence-corrected chi connectivity index (χ1v) is 2.56. The first kappa shape index (κ1) is 6.10. The van der Waals surface area contributed by atoms with Crippen LogP contribution in [-0.4, -0.2) is 15.0 Å². The van der Waals surface area contributed by atoms with Gasteiger partial charge in [0.15, 0.2) is 0 Å². The van der Waals surface area contributed by atoms with Crippen LogP contribution < -0.4 is 4.89 Å². The molecule has 0 fully saturated rings. The highest BCUT2D eigenvalue weighted by Gasteiger charge is 1.98. The van der Waals surface area contributed by atoms with E-state index in [1.165, 1.54) is 0 Å². The molecule has 50 valence electrons. The SMILES string of the molecule is Cc1cc(OO)nn1C. The second-order valence-electron chi connectivity index (χ2n) is 1.84. The van der Waals surface area contributed by atoms with Crippen LogP contribution in [0.2, 0.25) is 0 Å². The quantitative estimate of drug-likeness (QED) is 0.444. The lowest BCUT2D eigenvalue weighted by Gasteiger charge is -1.87. The van der Waals surface area contributed by atoms with E-state index in [0.29, 0.717) is 0 Å². The van der Waals surface area contributed by atoms with Crippen molar-refractivity contribution >= 4 is 0 Å². The lowest BCUT2D eigenvalue weighted by Crippen LogP contribution is -1.92. The molecule has 1 aromatic rings. The summed E-state index contributed by atoms with van der Waals surface area (Å²) >= 11 is 0. The molecule has 0 bridgehead atoms. The van der Waals surface area contributed by atoms with Gasteiger partial charge in [0.2, 0.25) is 0 Å². The molecule has 0 amide bonds. The third-order valence-corrected chi connectivity index (χ3v) is 1.18. The van der Waals surface area contributed by atoms with Crippen molar-refractivity contribution < 1.29 is 10.1 Å². The molecule has 0 aliphatic carbocycles. The Morgan fingerprint density at radius 2 is 2.44 bits per heavy atom. The maximum absolute atomic E-state index is 8.10. The predicted octanol–water partition coefficient (Wildman–Crippen LogP) is 0.580. The van der Waals surface area contributed by atoms with Crippen molar-refractivity contribution in [2.45, 2.75) is 6.92 Å². The summed E-state index contributed by atoms with van der Waals surface area (Å²) in [6, 6.07) is 1.64. The Labute approximate surface area is 52.6 Å². The Bertz CT molecular complexity index is 187. The van der Waals surface area contributed by atoms with Gasteiger partial charge in [-0.05, 0) is 6.92 Å². The highest BCUT2D eigenvalue weighted by atomic mass is 17.1. The minimum absolute atomic E-state index is 0.231. The van der Waals surface area contributed by atoms with Gasteiger partial charge in [-0.2, -0.15) is 0 Å². The van der Waals surface area contributed by atoms with Crippen LogP contribution in [0.25, 0.3) is 0 Å². The summed E-state index contributed by atoms with van der Waals surface area (Å²) in [5.74, 6) is 0.231. The molecule has 4 heteroatoms. The largest absolute Gasteiger partial charge is 0.318 e. The molecule has 0 aromatic carbocycles. The lowest BCUT2D eigenvalue weighted by atomic mass is 10.5. The molecule has 1 heterocycles. The van der Waals surface area contributed by atoms with Crippen molar-refractivity contribution in [3.8, 4) is 5.88 Å². The van der Waals surface area contributed by atoms with E-state index in [1.54, 1.807) is 17.8 Å². The van der Waals surface area contributed by atoms with Gasteiger partial charge in [0.05, 0.1) is 0 Å². The van der Waals surface area contributed by atoms with Crippen molar-refractivity contribution in [3.63, 3.8) is 0 Å². The van der Waals surface area contributed by atoms with Crippen LogP contribution >= 0.6 is 0 Å². The molecule has 0 spiro atoms. The summed E-state index contributed by atoms with van der Waals surface area (Å²) in [5.41, 5.74) is 0.944. The molecule has 4 nitrogen and oxygen atoms in total. The maximum atomic E-state index is 8.10. The van der Waals surface area contributed by atoms with Gasteiger partial charge in [-0.25, -0.2) is 5.26 Å². The number of hydrogen-bond acceptors (Lipinski definition) is 3. The van der Waals surface area contributed by atoms with E-state index in [2.05, 4.69) is 9.99 Å². The van der Waals surface area contributed by atoms with Gasteiger partial charge in [-0.15, -0.1) is 5.10 Å². The van der Waals surface area contributed by atoms with E-state index in [0.717, 1.165) is 5.69 Å². The van der Waals surface area contributed by atoms with E-state index in [4.69, 9.17) is 5.26 Å². The smallest absolute Gasteiger partial charge is 0.274 e. The third kappa shape index (κ3) is 1.02. The number of nitrogens with zero attached hydrogens (tertiary/aromatic N) is 2. The summed E-state index contributed by atoms with van der Waals surface area (Å²) in [6.07, 6.45) is 0. The average Bonchev–Trinajstić information content (AvgIpc) is 2.13. The molecule has 0 unspecified atom stereocenters. The molecular weight excluding hydrogens is 120 g/mol. The molecule has 0 saturated heterocycles. The van der Waals surface area contributed by atoms with Gasteiger partial charge in [0.25, 0.3) is 5.88 Å². The zero-order valence-corrected chi connectivity index (χ0v) is 5.33. The summed E-state index contributed by atoms with van der Waals surface area (Å²) in [6.45, 7) is 1.87. The van der Waals surface area contributed by atoms with Crippen molar-refractivity contribution in [2.75, 3.05) is 0 Å². The highest BCUT2D eigenvalue weighted by Crippen LogP contribution is 2.07. The molecule has 0 saturated carbocycles. The van der Waals surface area contributed by atoms with Crippen LogP contribution in [0.3, 0.4) is 0 Å². The first-order chi connectivity index (χ1) is 4.24. The Kier molecular flexibility index (Phi) is 1.40. The molecule has 1 aromatic heterocycles. The molecule has 0 atom stereocenters. The summed E-state index contributed by atoms with van der Waals surface area (Å²) in [7, 11) is 1.78. The summed E-state index contributed by atoms with van der Waals surface area (Å²) in [5, 5.41) is 11.9. The number of aryl methyl sites for hydroxylation is 2. The minimum Gasteiger partial charge on any atom is -0.318 e. The van der Waals surface area contributed by atoms with Crippen LogP contribution in [-0.2, 0) is 7.05 Å². The van der Waals surface area contributed by atoms with Crippen molar-refractivity contribution in [1.29, 1.82) is 0 Å². The van der Waals surface area contributed by atoms with Gasteiger partial charge >= 0.3 is 0 Å². The zero-order valence-electron chi connectivity index (χ0n) is 5.33. The van der Waals surface area contributed by atoms with Gasteiger partial charge in [-0.3, -0.25) is 4.68 Å². The Balaban J connectivity index is 2.98. The first-order valence-electron chi connectivity index (χ1n) is 2.56. The number of hydrogen-bond donors (Lipinski definition) is 1. The van der Waals surface area contributed by atoms with Crippen LogP contribution in [0, 0.1) is 6.92 Å². The van der Waals surface area contributed by atoms with Crippen LogP contribution in [0.4, 0.5) is 0 Å². The van der Waals surface area contributed by atoms with Gasteiger partial charge < -0.3 is 4.89 Å². The molecule has 0 aliphatic rings. The Morgan fingerprint density at radius 1 is 1.78 bits per heavy atom. The monoisotopic (exact) mass is 128 g/mol. The fraction of sp³-hybridized carbons (Fsp3) is 0.400. The van der Waals surface area contributed by atoms with E-state index in [-0.39, 0.29) is 5.88 Å². The fourth-order valence-corrected chi connectivity index (χ4v) is 0.572. The van der Waals surface area contributed by atoms with Crippen molar-refractivity contribution in [3.05, 3.63) is 11.8 Å². The number of aromatic nitrogens is 2. The van der Waals surface area contributed by atoms with E-state index in [1.807, 2.05) is 6.92 Å². The number of rotatable bonds is 1. The van der Waals surface area contributed by atoms with Gasteiger partial charge in [0, 0.05) is 18.8 Å². The fourth-order valence-electron chi connectivity index (χ4n) is 0.572. The summed E-state index contributed by atoms with van der Waals surface area (Å²) in [4.78, 5) is 3.88. The minimum atomic E-state index is 0.231. The molecule has 1 rings (SSSR count). The second-order valence-corrected chi connectivity index (χ2v) is 1.84. The van der Waals surface area contributed by atoms with E-state index >= 15 is 0 Å². The standard InChI is InChI=1S/C5H8N2O2/c1-4-3-5(9-8)6-7(4)2/h3,8H,1-2H3. The Hall–Kier alpha value is -1.03. The highest BCUT2D eigenvalue weighted by molar-refractivity contribution is 5.12. The lowest BCUT2D eigenvalue weighted by molar-refractivity contribution is -0.142. The van der Waals surface area contributed by atoms with E-state index in [9.17, 15) is 0 Å². The van der Waals surface area contributed by atoms with Crippen molar-refractivity contribution in [2.24, 2.45) is 7.05 Å². The molecular formula is C5H8N2O2. The zero-order chi connectivity index (χ0) is 6.85. The molecule has 0 aliphatic heterocycles. The second kappa shape index (κ2) is 2.06. The van der Waals surface area contributed by atoms with Crippen LogP contribution in [0.5, 0.6) is 5.88 Å². The molecule has 0 radical (unpaired) electrons. The Morgan fingerprint density at radius 3 is 2.67 bits per heavy atom. The van der Waals surface area contributed by atoms with Gasteiger partial charge in [-0.1, -0.05) is 0 Å². The van der Waals surface area contributed by atoms with Gasteiger partial charge in [0.1, 0.15) is 0 Å². The molecule has 9 heavy (non-hydrogen) atoms. The van der Waals surface area contributed by atoms with E-state index < -0.39 is 0 Å².